The average Bonchev–Trinajstić information content (AvgIpc) is 2.78. The summed E-state index contributed by atoms with van der Waals surface area (Å²) in [5.74, 6) is -1.65. The fourth-order valence-electron chi connectivity index (χ4n) is 4.94. The maximum Gasteiger partial charge on any atom is 0.314 e. The number of rotatable bonds is 4. The molecular formula is C23H27N3O6. The Bertz CT molecular complexity index is 1050. The summed E-state index contributed by atoms with van der Waals surface area (Å²) in [6.45, 7) is 3.08. The molecule has 0 bridgehead atoms. The summed E-state index contributed by atoms with van der Waals surface area (Å²) in [6.07, 6.45) is 4.64. The fourth-order valence-corrected chi connectivity index (χ4v) is 4.94. The maximum atomic E-state index is 13.6. The summed E-state index contributed by atoms with van der Waals surface area (Å²) < 4.78 is 5.19. The number of nitro groups is 1. The Labute approximate surface area is 185 Å². The molecule has 0 saturated carbocycles. The van der Waals surface area contributed by atoms with E-state index in [1.165, 1.54) is 19.2 Å². The third kappa shape index (κ3) is 3.72. The number of carbonyl (C=O) groups excluding carboxylic acids is 2. The number of carbonyl (C=O) groups is 2. The van der Waals surface area contributed by atoms with E-state index in [9.17, 15) is 24.8 Å². The summed E-state index contributed by atoms with van der Waals surface area (Å²) in [5, 5.41) is 25.1. The lowest BCUT2D eigenvalue weighted by Crippen LogP contribution is -2.42. The number of aromatic hydroxyl groups is 1. The number of likely N-dealkylation sites (tertiary alicyclic amines) is 1. The first-order chi connectivity index (χ1) is 15.3. The minimum Gasteiger partial charge on any atom is -0.500 e. The molecule has 0 radical (unpaired) electrons. The van der Waals surface area contributed by atoms with Crippen molar-refractivity contribution in [3.8, 4) is 11.5 Å². The molecule has 9 heteroatoms. The number of nitrogens with zero attached hydrogens (tertiary/aromatic N) is 2. The highest BCUT2D eigenvalue weighted by molar-refractivity contribution is 6.05. The minimum absolute atomic E-state index is 0.0689. The largest absolute Gasteiger partial charge is 0.500 e. The smallest absolute Gasteiger partial charge is 0.314 e. The second-order valence-electron chi connectivity index (χ2n) is 8.47. The van der Waals surface area contributed by atoms with Gasteiger partial charge >= 0.3 is 5.69 Å². The van der Waals surface area contributed by atoms with E-state index in [0.29, 0.717) is 54.8 Å². The average molecular weight is 441 g/mol. The SMILES string of the molecule is COc1cc([C@@H]2C(C(=O)N3CCCCC3)=C(C)NC3=C2C(=O)CCC3)cc([N+](=O)[O-])c1O. The number of allylic oxidation sites excluding steroid dienone is 3. The van der Waals surface area contributed by atoms with Crippen molar-refractivity contribution in [2.45, 2.75) is 51.4 Å². The number of benzene rings is 1. The Kier molecular flexibility index (Phi) is 5.90. The molecule has 4 rings (SSSR count). The van der Waals surface area contributed by atoms with E-state index in [4.69, 9.17) is 4.74 Å². The molecule has 0 aromatic heterocycles. The van der Waals surface area contributed by atoms with E-state index in [0.717, 1.165) is 25.0 Å². The van der Waals surface area contributed by atoms with Gasteiger partial charge in [-0.25, -0.2) is 0 Å². The van der Waals surface area contributed by atoms with Gasteiger partial charge in [-0.3, -0.25) is 19.7 Å². The van der Waals surface area contributed by atoms with Gasteiger partial charge in [0.2, 0.25) is 5.75 Å². The first kappa shape index (κ1) is 21.9. The third-order valence-corrected chi connectivity index (χ3v) is 6.48. The van der Waals surface area contributed by atoms with Crippen LogP contribution in [0.4, 0.5) is 5.69 Å². The van der Waals surface area contributed by atoms with E-state index >= 15 is 0 Å². The quantitative estimate of drug-likeness (QED) is 0.543. The van der Waals surface area contributed by atoms with Crippen LogP contribution in [-0.4, -0.2) is 46.8 Å². The number of ether oxygens (including phenoxy) is 1. The van der Waals surface area contributed by atoms with Gasteiger partial charge in [0.15, 0.2) is 11.5 Å². The number of phenols is 1. The molecule has 0 unspecified atom stereocenters. The highest BCUT2D eigenvalue weighted by atomic mass is 16.6. The first-order valence-corrected chi connectivity index (χ1v) is 10.9. The van der Waals surface area contributed by atoms with Gasteiger partial charge in [0, 0.05) is 54.0 Å². The van der Waals surface area contributed by atoms with E-state index in [-0.39, 0.29) is 17.4 Å². The molecule has 1 aliphatic carbocycles. The molecule has 1 atom stereocenters. The van der Waals surface area contributed by atoms with Gasteiger partial charge in [0.1, 0.15) is 0 Å². The Balaban J connectivity index is 1.91. The maximum absolute atomic E-state index is 13.6. The van der Waals surface area contributed by atoms with Crippen molar-refractivity contribution in [1.29, 1.82) is 0 Å². The van der Waals surface area contributed by atoms with Crippen molar-refractivity contribution in [3.63, 3.8) is 0 Å². The molecule has 9 nitrogen and oxygen atoms in total. The van der Waals surface area contributed by atoms with Crippen LogP contribution in [-0.2, 0) is 9.59 Å². The van der Waals surface area contributed by atoms with Crippen molar-refractivity contribution in [2.75, 3.05) is 20.2 Å². The zero-order valence-electron chi connectivity index (χ0n) is 18.3. The van der Waals surface area contributed by atoms with Gasteiger partial charge in [-0.15, -0.1) is 0 Å². The lowest BCUT2D eigenvalue weighted by atomic mass is 9.74. The lowest BCUT2D eigenvalue weighted by molar-refractivity contribution is -0.386. The van der Waals surface area contributed by atoms with Crippen LogP contribution in [0.25, 0.3) is 0 Å². The number of hydrogen-bond acceptors (Lipinski definition) is 7. The summed E-state index contributed by atoms with van der Waals surface area (Å²) in [4.78, 5) is 39.4. The van der Waals surface area contributed by atoms with Gasteiger partial charge in [-0.2, -0.15) is 0 Å². The number of piperidine rings is 1. The van der Waals surface area contributed by atoms with Crippen molar-refractivity contribution < 1.29 is 24.4 Å². The topological polar surface area (TPSA) is 122 Å². The molecule has 1 aromatic carbocycles. The molecule has 2 heterocycles. The summed E-state index contributed by atoms with van der Waals surface area (Å²) >= 11 is 0. The van der Waals surface area contributed by atoms with Crippen LogP contribution < -0.4 is 10.1 Å². The highest BCUT2D eigenvalue weighted by Crippen LogP contribution is 2.47. The second kappa shape index (κ2) is 8.64. The van der Waals surface area contributed by atoms with E-state index in [1.807, 2.05) is 0 Å². The van der Waals surface area contributed by atoms with Crippen LogP contribution in [0.5, 0.6) is 11.5 Å². The predicted molar refractivity (Wildman–Crippen MR) is 116 cm³/mol. The van der Waals surface area contributed by atoms with Crippen LogP contribution in [0.1, 0.15) is 56.9 Å². The van der Waals surface area contributed by atoms with Gasteiger partial charge in [0.05, 0.1) is 12.0 Å². The molecule has 170 valence electrons. The van der Waals surface area contributed by atoms with Gasteiger partial charge in [-0.1, -0.05) is 0 Å². The number of Topliss-reactive ketones (excluding diaryl/α,β-unsaturated/α-hetero) is 1. The molecule has 1 amide bonds. The fraction of sp³-hybridized carbons (Fsp3) is 0.478. The summed E-state index contributed by atoms with van der Waals surface area (Å²) in [6, 6.07) is 2.73. The zero-order chi connectivity index (χ0) is 23.0. The Morgan fingerprint density at radius 1 is 1.22 bits per heavy atom. The molecule has 1 aromatic rings. The molecule has 32 heavy (non-hydrogen) atoms. The number of dihydropyridines is 1. The summed E-state index contributed by atoms with van der Waals surface area (Å²) in [7, 11) is 1.31. The van der Waals surface area contributed by atoms with Gasteiger partial charge in [0.25, 0.3) is 5.91 Å². The Morgan fingerprint density at radius 2 is 1.94 bits per heavy atom. The van der Waals surface area contributed by atoms with Gasteiger partial charge < -0.3 is 20.1 Å². The summed E-state index contributed by atoms with van der Waals surface area (Å²) in [5.41, 5.74) is 2.16. The molecular weight excluding hydrogens is 414 g/mol. The Hall–Kier alpha value is -3.36. The van der Waals surface area contributed by atoms with Crippen LogP contribution in [0.2, 0.25) is 0 Å². The Morgan fingerprint density at radius 3 is 2.59 bits per heavy atom. The molecule has 2 N–H and O–H groups in total. The van der Waals surface area contributed by atoms with E-state index in [2.05, 4.69) is 5.32 Å². The molecule has 0 spiro atoms. The number of amides is 1. The zero-order valence-corrected chi connectivity index (χ0v) is 18.3. The van der Waals surface area contributed by atoms with Gasteiger partial charge in [-0.05, 0) is 50.7 Å². The van der Waals surface area contributed by atoms with Crippen LogP contribution >= 0.6 is 0 Å². The predicted octanol–water partition coefficient (Wildman–Crippen LogP) is 3.29. The molecule has 3 aliphatic rings. The van der Waals surface area contributed by atoms with Crippen molar-refractivity contribution in [1.82, 2.24) is 10.2 Å². The van der Waals surface area contributed by atoms with Crippen LogP contribution in [0, 0.1) is 10.1 Å². The lowest BCUT2D eigenvalue weighted by Gasteiger charge is -2.37. The number of methoxy groups -OCH3 is 1. The number of nitrogens with one attached hydrogen (secondary N) is 1. The van der Waals surface area contributed by atoms with Crippen molar-refractivity contribution in [3.05, 3.63) is 50.4 Å². The van der Waals surface area contributed by atoms with E-state index < -0.39 is 22.3 Å². The standard InChI is InChI=1S/C23H27N3O6/c1-13-19(23(29)25-9-4-3-5-10-25)20(21-15(24-13)7-6-8-17(21)27)14-11-16(26(30)31)22(28)18(12-14)32-2/h11-12,20,24,28H,3-10H2,1-2H3/t20-/m1/s1. The molecule has 1 saturated heterocycles. The second-order valence-corrected chi connectivity index (χ2v) is 8.47. The number of nitro benzene ring substituents is 1. The first-order valence-electron chi connectivity index (χ1n) is 10.9. The van der Waals surface area contributed by atoms with Crippen LogP contribution in [0.15, 0.2) is 34.7 Å². The highest BCUT2D eigenvalue weighted by Gasteiger charge is 2.41. The number of phenolic OH excluding ortho intramolecular Hbond substituents is 1. The van der Waals surface area contributed by atoms with E-state index in [1.54, 1.807) is 11.8 Å². The molecule has 2 aliphatic heterocycles. The monoisotopic (exact) mass is 441 g/mol. The number of hydrogen-bond donors (Lipinski definition) is 2. The van der Waals surface area contributed by atoms with Crippen molar-refractivity contribution >= 4 is 17.4 Å². The normalized spacial score (nSPS) is 21.2. The molecule has 1 fully saturated rings. The van der Waals surface area contributed by atoms with Crippen LogP contribution in [0.3, 0.4) is 0 Å². The number of ketones is 1. The van der Waals surface area contributed by atoms with Crippen molar-refractivity contribution in [2.24, 2.45) is 0 Å². The third-order valence-electron chi connectivity index (χ3n) is 6.48. The minimum atomic E-state index is -0.762.